The van der Waals surface area contributed by atoms with Crippen molar-refractivity contribution in [3.05, 3.63) is 46.0 Å². The van der Waals surface area contributed by atoms with Gasteiger partial charge in [-0.2, -0.15) is 9.57 Å². The lowest BCUT2D eigenvalue weighted by Crippen LogP contribution is -2.31. The first-order chi connectivity index (χ1) is 12.3. The molecule has 8 heteroatoms. The summed E-state index contributed by atoms with van der Waals surface area (Å²) in [7, 11) is -3.55. The second-order valence-corrected chi connectivity index (χ2v) is 8.44. The van der Waals surface area contributed by atoms with Crippen LogP contribution in [0, 0.1) is 25.2 Å². The van der Waals surface area contributed by atoms with Gasteiger partial charge in [0.15, 0.2) is 0 Å². The topological polar surface area (TPSA) is 86.1 Å². The third-order valence-corrected chi connectivity index (χ3v) is 7.05. The highest BCUT2D eigenvalue weighted by Crippen LogP contribution is 2.24. The molecule has 1 aromatic heterocycles. The number of hydrogen-bond donors (Lipinski definition) is 1. The molecule has 0 atom stereocenters. The van der Waals surface area contributed by atoms with Gasteiger partial charge in [-0.05, 0) is 31.5 Å². The number of rotatable bonds is 7. The van der Waals surface area contributed by atoms with Crippen LogP contribution in [0.4, 0.5) is 5.69 Å². The SMILES string of the molecule is CCN(CC)S(=O)(=O)c1cc(N/C=C(\C#N)c2nc(C)cs2)ccc1C. The van der Waals surface area contributed by atoms with Gasteiger partial charge < -0.3 is 5.32 Å². The number of nitrogens with one attached hydrogen (secondary N) is 1. The minimum atomic E-state index is -3.55. The van der Waals surface area contributed by atoms with E-state index < -0.39 is 10.0 Å². The number of aromatic nitrogens is 1. The highest BCUT2D eigenvalue weighted by Gasteiger charge is 2.23. The second-order valence-electron chi connectivity index (χ2n) is 5.68. The third-order valence-electron chi connectivity index (χ3n) is 3.86. The summed E-state index contributed by atoms with van der Waals surface area (Å²) in [4.78, 5) is 4.56. The fourth-order valence-corrected chi connectivity index (χ4v) is 4.92. The molecule has 1 N–H and O–H groups in total. The Morgan fingerprint density at radius 1 is 1.35 bits per heavy atom. The van der Waals surface area contributed by atoms with Gasteiger partial charge in [-0.1, -0.05) is 19.9 Å². The molecule has 1 heterocycles. The number of sulfonamides is 1. The molecular formula is C18H22N4O2S2. The average Bonchev–Trinajstić information content (AvgIpc) is 3.03. The summed E-state index contributed by atoms with van der Waals surface area (Å²) >= 11 is 1.39. The number of anilines is 1. The van der Waals surface area contributed by atoms with Crippen molar-refractivity contribution in [3.8, 4) is 6.07 Å². The number of allylic oxidation sites excluding steroid dienone is 1. The van der Waals surface area contributed by atoms with Crippen LogP contribution in [0.3, 0.4) is 0 Å². The predicted molar refractivity (Wildman–Crippen MR) is 105 cm³/mol. The maximum atomic E-state index is 12.8. The van der Waals surface area contributed by atoms with Gasteiger partial charge in [-0.3, -0.25) is 0 Å². The summed E-state index contributed by atoms with van der Waals surface area (Å²) in [6.07, 6.45) is 1.55. The normalized spacial score (nSPS) is 12.2. The average molecular weight is 391 g/mol. The van der Waals surface area contributed by atoms with Crippen molar-refractivity contribution in [1.29, 1.82) is 5.26 Å². The van der Waals surface area contributed by atoms with Crippen LogP contribution < -0.4 is 5.32 Å². The Hall–Kier alpha value is -2.21. The van der Waals surface area contributed by atoms with Gasteiger partial charge in [0.25, 0.3) is 0 Å². The van der Waals surface area contributed by atoms with Crippen LogP contribution in [0.15, 0.2) is 34.7 Å². The number of nitriles is 1. The minimum absolute atomic E-state index is 0.267. The van der Waals surface area contributed by atoms with Crippen molar-refractivity contribution in [2.24, 2.45) is 0 Å². The first kappa shape index (κ1) is 20.1. The van der Waals surface area contributed by atoms with Gasteiger partial charge in [0, 0.05) is 36.1 Å². The molecule has 0 saturated carbocycles. The molecule has 1 aromatic carbocycles. The van der Waals surface area contributed by atoms with Crippen molar-refractivity contribution in [2.45, 2.75) is 32.6 Å². The maximum absolute atomic E-state index is 12.8. The molecular weight excluding hydrogens is 368 g/mol. The minimum Gasteiger partial charge on any atom is -0.360 e. The van der Waals surface area contributed by atoms with Gasteiger partial charge in [0.2, 0.25) is 10.0 Å². The Kier molecular flexibility index (Phi) is 6.53. The summed E-state index contributed by atoms with van der Waals surface area (Å²) in [5.41, 5.74) is 2.54. The van der Waals surface area contributed by atoms with Crippen molar-refractivity contribution < 1.29 is 8.42 Å². The van der Waals surface area contributed by atoms with E-state index in [0.29, 0.717) is 34.9 Å². The predicted octanol–water partition coefficient (Wildman–Crippen LogP) is 3.77. The lowest BCUT2D eigenvalue weighted by Gasteiger charge is -2.20. The Balaban J connectivity index is 2.35. The Labute approximate surface area is 158 Å². The molecule has 0 amide bonds. The lowest BCUT2D eigenvalue weighted by molar-refractivity contribution is 0.445. The van der Waals surface area contributed by atoms with E-state index in [-0.39, 0.29) is 4.90 Å². The first-order valence-electron chi connectivity index (χ1n) is 8.23. The molecule has 0 fully saturated rings. The van der Waals surface area contributed by atoms with Crippen LogP contribution in [0.2, 0.25) is 0 Å². The number of nitrogens with zero attached hydrogens (tertiary/aromatic N) is 3. The highest BCUT2D eigenvalue weighted by molar-refractivity contribution is 7.89. The summed E-state index contributed by atoms with van der Waals surface area (Å²) in [5, 5.41) is 14.9. The molecule has 138 valence electrons. The zero-order valence-corrected chi connectivity index (χ0v) is 16.9. The van der Waals surface area contributed by atoms with Crippen LogP contribution in [0.1, 0.15) is 30.1 Å². The molecule has 0 saturated heterocycles. The quantitative estimate of drug-likeness (QED) is 0.727. The van der Waals surface area contributed by atoms with E-state index in [1.165, 1.54) is 15.6 Å². The fourth-order valence-electron chi connectivity index (χ4n) is 2.45. The molecule has 0 radical (unpaired) electrons. The number of thiazole rings is 1. The molecule has 0 bridgehead atoms. The van der Waals surface area contributed by atoms with Crippen LogP contribution in [-0.4, -0.2) is 30.8 Å². The smallest absolute Gasteiger partial charge is 0.243 e. The van der Waals surface area contributed by atoms with Gasteiger partial charge in [-0.25, -0.2) is 13.4 Å². The van der Waals surface area contributed by atoms with E-state index in [4.69, 9.17) is 0 Å². The van der Waals surface area contributed by atoms with E-state index in [1.807, 2.05) is 26.2 Å². The van der Waals surface area contributed by atoms with Gasteiger partial charge in [-0.15, -0.1) is 11.3 Å². The van der Waals surface area contributed by atoms with Crippen LogP contribution in [0.5, 0.6) is 0 Å². The second kappa shape index (κ2) is 8.45. The summed E-state index contributed by atoms with van der Waals surface area (Å²) < 4.78 is 27.0. The molecule has 0 unspecified atom stereocenters. The largest absolute Gasteiger partial charge is 0.360 e. The lowest BCUT2D eigenvalue weighted by atomic mass is 10.2. The van der Waals surface area contributed by atoms with Crippen LogP contribution >= 0.6 is 11.3 Å². The number of benzene rings is 1. The number of hydrogen-bond acceptors (Lipinski definition) is 6. The fraction of sp³-hybridized carbons (Fsp3) is 0.333. The summed E-state index contributed by atoms with van der Waals surface area (Å²) in [6.45, 7) is 8.10. The Morgan fingerprint density at radius 3 is 2.58 bits per heavy atom. The van der Waals surface area contributed by atoms with Crippen molar-refractivity contribution >= 4 is 32.6 Å². The Morgan fingerprint density at radius 2 is 2.04 bits per heavy atom. The van der Waals surface area contributed by atoms with Gasteiger partial charge in [0.05, 0.1) is 4.90 Å². The van der Waals surface area contributed by atoms with Crippen molar-refractivity contribution in [3.63, 3.8) is 0 Å². The standard InChI is InChI=1S/C18H22N4O2S2/c1-5-22(6-2)26(23,24)17-9-16(8-7-13(17)3)20-11-15(10-19)18-21-14(4)12-25-18/h7-9,11-12,20H,5-6H2,1-4H3/b15-11+. The molecule has 0 aliphatic rings. The zero-order chi connectivity index (χ0) is 19.3. The first-order valence-corrected chi connectivity index (χ1v) is 10.6. The number of aryl methyl sites for hydroxylation is 2. The van der Waals surface area contributed by atoms with Crippen LogP contribution in [0.25, 0.3) is 5.57 Å². The van der Waals surface area contributed by atoms with E-state index in [1.54, 1.807) is 31.3 Å². The molecule has 2 rings (SSSR count). The van der Waals surface area contributed by atoms with E-state index in [9.17, 15) is 13.7 Å². The summed E-state index contributed by atoms with van der Waals surface area (Å²) in [6, 6.07) is 7.26. The molecule has 6 nitrogen and oxygen atoms in total. The molecule has 26 heavy (non-hydrogen) atoms. The zero-order valence-electron chi connectivity index (χ0n) is 15.3. The third kappa shape index (κ3) is 4.30. The van der Waals surface area contributed by atoms with Crippen molar-refractivity contribution in [1.82, 2.24) is 9.29 Å². The molecule has 2 aromatic rings. The van der Waals surface area contributed by atoms with E-state index in [2.05, 4.69) is 16.4 Å². The van der Waals surface area contributed by atoms with Crippen molar-refractivity contribution in [2.75, 3.05) is 18.4 Å². The summed E-state index contributed by atoms with van der Waals surface area (Å²) in [5.74, 6) is 0. The molecule has 0 aliphatic carbocycles. The molecule has 0 spiro atoms. The maximum Gasteiger partial charge on any atom is 0.243 e. The Bertz CT molecular complexity index is 952. The van der Waals surface area contributed by atoms with E-state index in [0.717, 1.165) is 5.69 Å². The monoisotopic (exact) mass is 390 g/mol. The van der Waals surface area contributed by atoms with Gasteiger partial charge in [0.1, 0.15) is 16.6 Å². The van der Waals surface area contributed by atoms with Gasteiger partial charge >= 0.3 is 0 Å². The van der Waals surface area contributed by atoms with Crippen LogP contribution in [-0.2, 0) is 10.0 Å². The van der Waals surface area contributed by atoms with E-state index >= 15 is 0 Å². The molecule has 0 aliphatic heterocycles. The highest BCUT2D eigenvalue weighted by atomic mass is 32.2.